The first-order valence-electron chi connectivity index (χ1n) is 10.9. The molecule has 3 heterocycles. The molecule has 2 aromatic heterocycles. The Kier molecular flexibility index (Phi) is 6.25. The lowest BCUT2D eigenvalue weighted by Crippen LogP contribution is -2.50. The maximum atomic E-state index is 12.9. The van der Waals surface area contributed by atoms with Crippen LogP contribution in [0.1, 0.15) is 23.7 Å². The fraction of sp³-hybridized carbons (Fsp3) is 0.320. The van der Waals surface area contributed by atoms with E-state index in [9.17, 15) is 9.59 Å². The Hall–Kier alpha value is -3.61. The van der Waals surface area contributed by atoms with E-state index in [-0.39, 0.29) is 12.0 Å². The first-order chi connectivity index (χ1) is 15.5. The van der Waals surface area contributed by atoms with Gasteiger partial charge in [0.05, 0.1) is 18.0 Å². The number of rotatable bonds is 4. The summed E-state index contributed by atoms with van der Waals surface area (Å²) in [6.45, 7) is 8.15. The number of ether oxygens (including phenoxy) is 1. The SMILES string of the molecule is CCOC(=O)N1CCN(C(=O)/C=C/c2c(-c3ccc(C)cc3)nc3cc(C)ccn23)CC1. The first-order valence-corrected chi connectivity index (χ1v) is 10.9. The fourth-order valence-corrected chi connectivity index (χ4v) is 3.83. The van der Waals surface area contributed by atoms with Crippen molar-refractivity contribution in [3.05, 3.63) is 65.5 Å². The molecule has 4 rings (SSSR count). The van der Waals surface area contributed by atoms with E-state index in [2.05, 4.69) is 31.2 Å². The Morgan fingerprint density at radius 2 is 1.69 bits per heavy atom. The predicted octanol–water partition coefficient (Wildman–Crippen LogP) is 3.93. The average Bonchev–Trinajstić information content (AvgIpc) is 3.15. The number of hydrogen-bond acceptors (Lipinski definition) is 4. The third-order valence-electron chi connectivity index (χ3n) is 5.64. The average molecular weight is 433 g/mol. The van der Waals surface area contributed by atoms with Crippen molar-refractivity contribution in [1.82, 2.24) is 19.2 Å². The van der Waals surface area contributed by atoms with Crippen molar-refractivity contribution in [2.45, 2.75) is 20.8 Å². The number of hydrogen-bond donors (Lipinski definition) is 0. The molecule has 2 amide bonds. The van der Waals surface area contributed by atoms with Gasteiger partial charge in [0.25, 0.3) is 0 Å². The second-order valence-corrected chi connectivity index (χ2v) is 7.99. The molecule has 1 aliphatic rings. The maximum absolute atomic E-state index is 12.9. The van der Waals surface area contributed by atoms with Crippen LogP contribution < -0.4 is 0 Å². The van der Waals surface area contributed by atoms with Gasteiger partial charge in [-0.05, 0) is 44.5 Å². The summed E-state index contributed by atoms with van der Waals surface area (Å²) in [5, 5.41) is 0. The van der Waals surface area contributed by atoms with Crippen LogP contribution in [0.5, 0.6) is 0 Å². The summed E-state index contributed by atoms with van der Waals surface area (Å²) in [6, 6.07) is 12.3. The monoisotopic (exact) mass is 432 g/mol. The highest BCUT2D eigenvalue weighted by atomic mass is 16.6. The molecule has 0 radical (unpaired) electrons. The van der Waals surface area contributed by atoms with Crippen LogP contribution in [0.4, 0.5) is 4.79 Å². The van der Waals surface area contributed by atoms with Gasteiger partial charge in [0.1, 0.15) is 5.65 Å². The molecule has 1 fully saturated rings. The third-order valence-corrected chi connectivity index (χ3v) is 5.64. The number of benzene rings is 1. The number of aromatic nitrogens is 2. The molecule has 0 unspecified atom stereocenters. The number of aryl methyl sites for hydroxylation is 2. The normalized spacial score (nSPS) is 14.3. The highest BCUT2D eigenvalue weighted by Crippen LogP contribution is 2.26. The lowest BCUT2D eigenvalue weighted by molar-refractivity contribution is -0.127. The van der Waals surface area contributed by atoms with Crippen molar-refractivity contribution < 1.29 is 14.3 Å². The van der Waals surface area contributed by atoms with E-state index in [1.807, 2.05) is 35.7 Å². The summed E-state index contributed by atoms with van der Waals surface area (Å²) >= 11 is 0. The summed E-state index contributed by atoms with van der Waals surface area (Å²) in [6.07, 6.45) is 5.10. The summed E-state index contributed by atoms with van der Waals surface area (Å²) in [4.78, 5) is 33.0. The molecule has 0 spiro atoms. The first kappa shape index (κ1) is 21.6. The van der Waals surface area contributed by atoms with Gasteiger partial charge in [0.2, 0.25) is 5.91 Å². The molecule has 0 bridgehead atoms. The number of imidazole rings is 1. The van der Waals surface area contributed by atoms with Gasteiger partial charge in [0.15, 0.2) is 0 Å². The molecule has 1 aromatic carbocycles. The molecule has 7 nitrogen and oxygen atoms in total. The maximum Gasteiger partial charge on any atom is 0.409 e. The van der Waals surface area contributed by atoms with Crippen LogP contribution in [0, 0.1) is 13.8 Å². The highest BCUT2D eigenvalue weighted by Gasteiger charge is 2.24. The number of amides is 2. The largest absolute Gasteiger partial charge is 0.450 e. The summed E-state index contributed by atoms with van der Waals surface area (Å²) in [7, 11) is 0. The van der Waals surface area contributed by atoms with E-state index in [0.717, 1.165) is 28.2 Å². The van der Waals surface area contributed by atoms with Crippen LogP contribution in [-0.4, -0.2) is 64.0 Å². The minimum Gasteiger partial charge on any atom is -0.450 e. The Morgan fingerprint density at radius 3 is 2.38 bits per heavy atom. The van der Waals surface area contributed by atoms with E-state index >= 15 is 0 Å². The van der Waals surface area contributed by atoms with Gasteiger partial charge in [-0.15, -0.1) is 0 Å². The summed E-state index contributed by atoms with van der Waals surface area (Å²) in [5.74, 6) is -0.0783. The van der Waals surface area contributed by atoms with Crippen LogP contribution in [0.25, 0.3) is 23.0 Å². The van der Waals surface area contributed by atoms with Gasteiger partial charge >= 0.3 is 6.09 Å². The zero-order chi connectivity index (χ0) is 22.7. The fourth-order valence-electron chi connectivity index (χ4n) is 3.83. The molecule has 1 saturated heterocycles. The molecule has 7 heteroatoms. The number of fused-ring (bicyclic) bond motifs is 1. The van der Waals surface area contributed by atoms with E-state index in [4.69, 9.17) is 9.72 Å². The molecule has 0 atom stereocenters. The van der Waals surface area contributed by atoms with Crippen molar-refractivity contribution in [2.75, 3.05) is 32.8 Å². The van der Waals surface area contributed by atoms with Crippen molar-refractivity contribution in [2.24, 2.45) is 0 Å². The number of carbonyl (C=O) groups is 2. The van der Waals surface area contributed by atoms with Gasteiger partial charge in [0, 0.05) is 44.0 Å². The zero-order valence-electron chi connectivity index (χ0n) is 18.7. The quantitative estimate of drug-likeness (QED) is 0.586. The van der Waals surface area contributed by atoms with Gasteiger partial charge in [-0.25, -0.2) is 9.78 Å². The van der Waals surface area contributed by atoms with E-state index < -0.39 is 0 Å². The van der Waals surface area contributed by atoms with Crippen LogP contribution in [0.2, 0.25) is 0 Å². The Labute approximate surface area is 187 Å². The Bertz CT molecular complexity index is 1160. The number of carbonyl (C=O) groups excluding carboxylic acids is 2. The molecule has 0 saturated carbocycles. The molecule has 3 aromatic rings. The van der Waals surface area contributed by atoms with Gasteiger partial charge in [-0.2, -0.15) is 0 Å². The lowest BCUT2D eigenvalue weighted by Gasteiger charge is -2.33. The molecular weight excluding hydrogens is 404 g/mol. The summed E-state index contributed by atoms with van der Waals surface area (Å²) < 4.78 is 7.05. The zero-order valence-corrected chi connectivity index (χ0v) is 18.7. The third kappa shape index (κ3) is 4.51. The molecule has 0 aliphatic carbocycles. The lowest BCUT2D eigenvalue weighted by atomic mass is 10.1. The number of pyridine rings is 1. The Morgan fingerprint density at radius 1 is 1.00 bits per heavy atom. The van der Waals surface area contributed by atoms with Crippen LogP contribution in [-0.2, 0) is 9.53 Å². The highest BCUT2D eigenvalue weighted by molar-refractivity contribution is 5.93. The van der Waals surface area contributed by atoms with Gasteiger partial charge < -0.3 is 14.5 Å². The van der Waals surface area contributed by atoms with Crippen molar-refractivity contribution in [3.8, 4) is 11.3 Å². The minimum atomic E-state index is -0.320. The van der Waals surface area contributed by atoms with Crippen molar-refractivity contribution in [3.63, 3.8) is 0 Å². The molecule has 32 heavy (non-hydrogen) atoms. The molecule has 1 aliphatic heterocycles. The van der Waals surface area contributed by atoms with Crippen LogP contribution in [0.3, 0.4) is 0 Å². The number of nitrogens with zero attached hydrogens (tertiary/aromatic N) is 4. The van der Waals surface area contributed by atoms with E-state index in [1.54, 1.807) is 22.8 Å². The van der Waals surface area contributed by atoms with Gasteiger partial charge in [-0.3, -0.25) is 9.20 Å². The molecule has 166 valence electrons. The van der Waals surface area contributed by atoms with Gasteiger partial charge in [-0.1, -0.05) is 29.8 Å². The minimum absolute atomic E-state index is 0.0783. The van der Waals surface area contributed by atoms with E-state index in [0.29, 0.717) is 32.8 Å². The van der Waals surface area contributed by atoms with Crippen molar-refractivity contribution >= 4 is 23.7 Å². The van der Waals surface area contributed by atoms with Crippen molar-refractivity contribution in [1.29, 1.82) is 0 Å². The molecule has 0 N–H and O–H groups in total. The second-order valence-electron chi connectivity index (χ2n) is 7.99. The van der Waals surface area contributed by atoms with Crippen LogP contribution in [0.15, 0.2) is 48.7 Å². The van der Waals surface area contributed by atoms with Crippen LogP contribution >= 0.6 is 0 Å². The van der Waals surface area contributed by atoms with E-state index in [1.165, 1.54) is 5.56 Å². The smallest absolute Gasteiger partial charge is 0.409 e. The summed E-state index contributed by atoms with van der Waals surface area (Å²) in [5.41, 5.74) is 5.86. The standard InChI is InChI=1S/C25H28N4O3/c1-4-32-25(31)28-15-13-27(14-16-28)23(30)10-9-21-24(20-7-5-18(2)6-8-20)26-22-17-19(3)11-12-29(21)22/h5-12,17H,4,13-16H2,1-3H3/b10-9+. The predicted molar refractivity (Wildman–Crippen MR) is 124 cm³/mol. The number of piperazine rings is 1. The Balaban J connectivity index is 1.57. The second kappa shape index (κ2) is 9.26. The topological polar surface area (TPSA) is 67.2 Å². The molecular formula is C25H28N4O3.